The average molecular weight is 421 g/mol. The lowest BCUT2D eigenvalue weighted by Crippen LogP contribution is -2.43. The van der Waals surface area contributed by atoms with Gasteiger partial charge in [0.15, 0.2) is 0 Å². The summed E-state index contributed by atoms with van der Waals surface area (Å²) in [4.78, 5) is 18.8. The van der Waals surface area contributed by atoms with E-state index in [0.717, 1.165) is 67.4 Å². The molecule has 0 unspecified atom stereocenters. The number of nitrogens with one attached hydrogen (secondary N) is 1. The molecule has 0 radical (unpaired) electrons. The molecule has 0 aliphatic carbocycles. The van der Waals surface area contributed by atoms with E-state index >= 15 is 0 Å². The number of aromatic nitrogens is 3. The number of benzene rings is 1. The molecule has 8 nitrogen and oxygen atoms in total. The van der Waals surface area contributed by atoms with Crippen LogP contribution in [-0.2, 0) is 4.74 Å². The maximum absolute atomic E-state index is 5.65. The average Bonchev–Trinajstić information content (AvgIpc) is 2.84. The van der Waals surface area contributed by atoms with Crippen molar-refractivity contribution >= 4 is 28.4 Å². The smallest absolute Gasteiger partial charge is 0.228 e. The van der Waals surface area contributed by atoms with Crippen LogP contribution in [0.2, 0.25) is 0 Å². The van der Waals surface area contributed by atoms with Crippen LogP contribution >= 0.6 is 0 Å². The van der Waals surface area contributed by atoms with Crippen LogP contribution in [0.25, 0.3) is 10.9 Å². The van der Waals surface area contributed by atoms with Gasteiger partial charge < -0.3 is 24.6 Å². The number of rotatable bonds is 5. The Hall–Kier alpha value is -3.13. The second-order valence-corrected chi connectivity index (χ2v) is 7.98. The van der Waals surface area contributed by atoms with Gasteiger partial charge in [0.25, 0.3) is 0 Å². The molecule has 0 spiro atoms. The highest BCUT2D eigenvalue weighted by atomic mass is 16.5. The Labute approximate surface area is 182 Å². The molecule has 1 aromatic carbocycles. The topological polar surface area (TPSA) is 75.6 Å². The standard InChI is InChI=1S/C23H28N6O2/c1-30-20-15-24-14-19-21(20)22(27-23(26-19)28-10-12-31-13-11-28)29-9-5-8-18(16-29)25-17-6-3-2-4-7-17/h2-4,6-7,14-15,18,25H,5,8-13,16H2,1H3/t18-/m0/s1. The minimum absolute atomic E-state index is 0.348. The molecule has 3 aromatic rings. The number of ether oxygens (including phenoxy) is 2. The fraction of sp³-hybridized carbons (Fsp3) is 0.435. The molecule has 4 heterocycles. The van der Waals surface area contributed by atoms with Crippen molar-refractivity contribution in [3.63, 3.8) is 0 Å². The molecule has 5 rings (SSSR count). The second kappa shape index (κ2) is 8.93. The van der Waals surface area contributed by atoms with E-state index in [2.05, 4.69) is 44.4 Å². The van der Waals surface area contributed by atoms with Crippen molar-refractivity contribution in [3.05, 3.63) is 42.7 Å². The van der Waals surface area contributed by atoms with E-state index < -0.39 is 0 Å². The summed E-state index contributed by atoms with van der Waals surface area (Å²) in [6, 6.07) is 10.7. The fourth-order valence-electron chi connectivity index (χ4n) is 4.37. The Morgan fingerprint density at radius 2 is 1.87 bits per heavy atom. The number of methoxy groups -OCH3 is 1. The first kappa shape index (κ1) is 19.8. The zero-order chi connectivity index (χ0) is 21.0. The van der Waals surface area contributed by atoms with E-state index in [1.807, 2.05) is 6.07 Å². The zero-order valence-corrected chi connectivity index (χ0v) is 17.8. The van der Waals surface area contributed by atoms with Crippen molar-refractivity contribution in [2.45, 2.75) is 18.9 Å². The first-order valence-corrected chi connectivity index (χ1v) is 10.9. The molecule has 1 atom stereocenters. The Balaban J connectivity index is 1.50. The quantitative estimate of drug-likeness (QED) is 0.675. The highest BCUT2D eigenvalue weighted by molar-refractivity contribution is 5.95. The molecular weight excluding hydrogens is 392 g/mol. The summed E-state index contributed by atoms with van der Waals surface area (Å²) < 4.78 is 11.2. The lowest BCUT2D eigenvalue weighted by Gasteiger charge is -2.36. The van der Waals surface area contributed by atoms with Gasteiger partial charge >= 0.3 is 0 Å². The summed E-state index contributed by atoms with van der Waals surface area (Å²) in [6.45, 7) is 4.79. The van der Waals surface area contributed by atoms with Crippen LogP contribution in [-0.4, -0.2) is 67.5 Å². The van der Waals surface area contributed by atoms with Gasteiger partial charge in [0.1, 0.15) is 17.1 Å². The first-order chi connectivity index (χ1) is 15.3. The number of morpholine rings is 1. The maximum atomic E-state index is 5.65. The number of piperidine rings is 1. The molecule has 8 heteroatoms. The lowest BCUT2D eigenvalue weighted by molar-refractivity contribution is 0.122. The summed E-state index contributed by atoms with van der Waals surface area (Å²) in [5, 5.41) is 4.61. The van der Waals surface area contributed by atoms with Crippen molar-refractivity contribution in [1.82, 2.24) is 15.0 Å². The van der Waals surface area contributed by atoms with Gasteiger partial charge in [0.2, 0.25) is 5.95 Å². The molecule has 2 aliphatic rings. The summed E-state index contributed by atoms with van der Waals surface area (Å²) in [7, 11) is 1.67. The molecule has 2 saturated heterocycles. The van der Waals surface area contributed by atoms with Crippen molar-refractivity contribution in [3.8, 4) is 5.75 Å². The van der Waals surface area contributed by atoms with E-state index in [9.17, 15) is 0 Å². The van der Waals surface area contributed by atoms with E-state index in [4.69, 9.17) is 19.4 Å². The summed E-state index contributed by atoms with van der Waals surface area (Å²) in [5.41, 5.74) is 1.96. The minimum Gasteiger partial charge on any atom is -0.494 e. The van der Waals surface area contributed by atoms with Crippen molar-refractivity contribution in [1.29, 1.82) is 0 Å². The fourth-order valence-corrected chi connectivity index (χ4v) is 4.37. The summed E-state index contributed by atoms with van der Waals surface area (Å²) in [5.74, 6) is 2.36. The SMILES string of the molecule is COc1cncc2nc(N3CCOCC3)nc(N3CCC[C@H](Nc4ccccc4)C3)c12. The van der Waals surface area contributed by atoms with Crippen LogP contribution in [0, 0.1) is 0 Å². The highest BCUT2D eigenvalue weighted by Gasteiger charge is 2.26. The van der Waals surface area contributed by atoms with Gasteiger partial charge in [-0.25, -0.2) is 4.98 Å². The van der Waals surface area contributed by atoms with E-state index in [0.29, 0.717) is 25.0 Å². The molecule has 31 heavy (non-hydrogen) atoms. The molecule has 2 aliphatic heterocycles. The molecule has 2 fully saturated rings. The van der Waals surface area contributed by atoms with Gasteiger partial charge in [-0.15, -0.1) is 0 Å². The number of fused-ring (bicyclic) bond motifs is 1. The first-order valence-electron chi connectivity index (χ1n) is 10.9. The minimum atomic E-state index is 0.348. The Bertz CT molecular complexity index is 1030. The number of anilines is 3. The third-order valence-corrected chi connectivity index (χ3v) is 5.92. The molecular formula is C23H28N6O2. The maximum Gasteiger partial charge on any atom is 0.228 e. The van der Waals surface area contributed by atoms with Gasteiger partial charge in [-0.3, -0.25) is 4.98 Å². The zero-order valence-electron chi connectivity index (χ0n) is 17.8. The predicted octanol–water partition coefficient (Wildman–Crippen LogP) is 2.95. The van der Waals surface area contributed by atoms with Crippen LogP contribution < -0.4 is 19.9 Å². The third kappa shape index (κ3) is 4.20. The highest BCUT2D eigenvalue weighted by Crippen LogP contribution is 2.35. The Morgan fingerprint density at radius 3 is 2.68 bits per heavy atom. The molecule has 0 amide bonds. The number of hydrogen-bond donors (Lipinski definition) is 1. The Morgan fingerprint density at radius 1 is 1.03 bits per heavy atom. The van der Waals surface area contributed by atoms with Crippen LogP contribution in [0.3, 0.4) is 0 Å². The van der Waals surface area contributed by atoms with Gasteiger partial charge in [-0.1, -0.05) is 18.2 Å². The molecule has 0 saturated carbocycles. The largest absolute Gasteiger partial charge is 0.494 e. The Kier molecular flexibility index (Phi) is 5.71. The second-order valence-electron chi connectivity index (χ2n) is 7.98. The van der Waals surface area contributed by atoms with Crippen LogP contribution in [0.5, 0.6) is 5.75 Å². The normalized spacial score (nSPS) is 19.5. The van der Waals surface area contributed by atoms with E-state index in [1.165, 1.54) is 0 Å². The lowest BCUT2D eigenvalue weighted by atomic mass is 10.0. The molecule has 162 valence electrons. The van der Waals surface area contributed by atoms with Gasteiger partial charge in [-0.05, 0) is 25.0 Å². The predicted molar refractivity (Wildman–Crippen MR) is 122 cm³/mol. The molecule has 1 N–H and O–H groups in total. The molecule has 2 aromatic heterocycles. The van der Waals surface area contributed by atoms with Crippen LogP contribution in [0.1, 0.15) is 12.8 Å². The number of pyridine rings is 1. The van der Waals surface area contributed by atoms with Gasteiger partial charge in [-0.2, -0.15) is 4.98 Å². The number of hydrogen-bond acceptors (Lipinski definition) is 8. The number of para-hydroxylation sites is 1. The summed E-state index contributed by atoms with van der Waals surface area (Å²) >= 11 is 0. The molecule has 0 bridgehead atoms. The van der Waals surface area contributed by atoms with E-state index in [-0.39, 0.29) is 0 Å². The van der Waals surface area contributed by atoms with Crippen LogP contribution in [0.4, 0.5) is 17.5 Å². The monoisotopic (exact) mass is 420 g/mol. The van der Waals surface area contributed by atoms with Gasteiger partial charge in [0, 0.05) is 37.9 Å². The van der Waals surface area contributed by atoms with Crippen molar-refractivity contribution in [2.75, 3.05) is 61.6 Å². The number of nitrogens with zero attached hydrogens (tertiary/aromatic N) is 5. The van der Waals surface area contributed by atoms with Crippen molar-refractivity contribution in [2.24, 2.45) is 0 Å². The van der Waals surface area contributed by atoms with Crippen LogP contribution in [0.15, 0.2) is 42.7 Å². The third-order valence-electron chi connectivity index (χ3n) is 5.92. The summed E-state index contributed by atoms with van der Waals surface area (Å²) in [6.07, 6.45) is 5.77. The van der Waals surface area contributed by atoms with Crippen molar-refractivity contribution < 1.29 is 9.47 Å². The van der Waals surface area contributed by atoms with E-state index in [1.54, 1.807) is 19.5 Å². The van der Waals surface area contributed by atoms with Gasteiger partial charge in [0.05, 0.1) is 38.1 Å².